The summed E-state index contributed by atoms with van der Waals surface area (Å²) in [6, 6.07) is 12.8. The number of halogens is 1. The molecule has 0 saturated heterocycles. The van der Waals surface area contributed by atoms with Crippen LogP contribution in [0.15, 0.2) is 53.4 Å². The molecule has 134 valence electrons. The zero-order valence-electron chi connectivity index (χ0n) is 13.9. The van der Waals surface area contributed by atoms with E-state index in [0.29, 0.717) is 17.7 Å². The number of benzene rings is 2. The number of nitrogens with one attached hydrogen (secondary N) is 1. The molecule has 4 nitrogen and oxygen atoms in total. The second kappa shape index (κ2) is 7.97. The lowest BCUT2D eigenvalue weighted by molar-refractivity contribution is 0.210. The molecule has 0 aromatic heterocycles. The number of ether oxygens (including phenoxy) is 1. The topological polar surface area (TPSA) is 55.4 Å². The first kappa shape index (κ1) is 17.9. The molecular weight excluding hydrogens is 341 g/mol. The van der Waals surface area contributed by atoms with Gasteiger partial charge in [0.15, 0.2) is 0 Å². The molecular formula is C19H22FNO3S. The third-order valence-corrected chi connectivity index (χ3v) is 5.86. The highest BCUT2D eigenvalue weighted by Gasteiger charge is 2.18. The fourth-order valence-electron chi connectivity index (χ4n) is 3.00. The second-order valence-corrected chi connectivity index (χ2v) is 8.00. The lowest BCUT2D eigenvalue weighted by Crippen LogP contribution is -2.26. The van der Waals surface area contributed by atoms with Gasteiger partial charge in [0.2, 0.25) is 10.0 Å². The van der Waals surface area contributed by atoms with Crippen LogP contribution in [-0.2, 0) is 16.4 Å². The molecule has 3 rings (SSSR count). The van der Waals surface area contributed by atoms with Crippen LogP contribution >= 0.6 is 0 Å². The molecule has 1 fully saturated rings. The molecule has 0 radical (unpaired) electrons. The van der Waals surface area contributed by atoms with Gasteiger partial charge in [-0.25, -0.2) is 17.5 Å². The average Bonchev–Trinajstić information content (AvgIpc) is 3.10. The Morgan fingerprint density at radius 2 is 1.72 bits per heavy atom. The molecule has 2 aromatic carbocycles. The Balaban J connectivity index is 1.57. The zero-order chi connectivity index (χ0) is 17.7. The van der Waals surface area contributed by atoms with E-state index < -0.39 is 10.0 Å². The molecule has 1 N–H and O–H groups in total. The van der Waals surface area contributed by atoms with Crippen molar-refractivity contribution in [3.05, 3.63) is 59.9 Å². The van der Waals surface area contributed by atoms with Gasteiger partial charge >= 0.3 is 0 Å². The molecule has 1 aliphatic carbocycles. The summed E-state index contributed by atoms with van der Waals surface area (Å²) in [6.07, 6.45) is 5.01. The summed E-state index contributed by atoms with van der Waals surface area (Å²) in [5.41, 5.74) is 0.491. The number of rotatable bonds is 7. The van der Waals surface area contributed by atoms with Gasteiger partial charge in [-0.3, -0.25) is 0 Å². The maximum Gasteiger partial charge on any atom is 0.240 e. The quantitative estimate of drug-likeness (QED) is 0.817. The molecule has 1 aliphatic rings. The van der Waals surface area contributed by atoms with Gasteiger partial charge in [-0.1, -0.05) is 18.2 Å². The van der Waals surface area contributed by atoms with Gasteiger partial charge in [-0.2, -0.15) is 0 Å². The summed E-state index contributed by atoms with van der Waals surface area (Å²) in [5, 5.41) is 0. The Bertz CT molecular complexity index is 800. The molecule has 0 amide bonds. The van der Waals surface area contributed by atoms with Crippen molar-refractivity contribution in [3.63, 3.8) is 0 Å². The summed E-state index contributed by atoms with van der Waals surface area (Å²) < 4.78 is 46.5. The molecule has 0 atom stereocenters. The maximum atomic E-state index is 13.6. The first-order chi connectivity index (χ1) is 12.0. The first-order valence-corrected chi connectivity index (χ1v) is 10.0. The number of sulfonamides is 1. The smallest absolute Gasteiger partial charge is 0.240 e. The van der Waals surface area contributed by atoms with E-state index in [4.69, 9.17) is 4.74 Å². The predicted octanol–water partition coefficient (Wildman–Crippen LogP) is 3.67. The minimum Gasteiger partial charge on any atom is -0.490 e. The van der Waals surface area contributed by atoms with E-state index in [-0.39, 0.29) is 23.4 Å². The fraction of sp³-hybridized carbons (Fsp3) is 0.368. The van der Waals surface area contributed by atoms with Crippen molar-refractivity contribution in [1.29, 1.82) is 0 Å². The summed E-state index contributed by atoms with van der Waals surface area (Å²) in [4.78, 5) is 0.180. The number of hydrogen-bond acceptors (Lipinski definition) is 3. The molecule has 0 spiro atoms. The summed E-state index contributed by atoms with van der Waals surface area (Å²) >= 11 is 0. The standard InChI is InChI=1S/C19H22FNO3S/c20-19-8-4-1-5-15(19)13-14-21-25(22,23)18-11-9-17(10-12-18)24-16-6-2-3-7-16/h1,4-5,8-12,16,21H,2-3,6-7,13-14H2. The molecule has 0 aliphatic heterocycles. The Labute approximate surface area is 148 Å². The monoisotopic (exact) mass is 363 g/mol. The largest absolute Gasteiger partial charge is 0.490 e. The average molecular weight is 363 g/mol. The highest BCUT2D eigenvalue weighted by Crippen LogP contribution is 2.24. The van der Waals surface area contributed by atoms with Crippen LogP contribution in [0, 0.1) is 5.82 Å². The Kier molecular flexibility index (Phi) is 5.71. The third kappa shape index (κ3) is 4.80. The van der Waals surface area contributed by atoms with Crippen molar-refractivity contribution in [1.82, 2.24) is 4.72 Å². The van der Waals surface area contributed by atoms with E-state index in [9.17, 15) is 12.8 Å². The van der Waals surface area contributed by atoms with Crippen LogP contribution in [0.3, 0.4) is 0 Å². The van der Waals surface area contributed by atoms with Crippen molar-refractivity contribution >= 4 is 10.0 Å². The van der Waals surface area contributed by atoms with Gasteiger partial charge < -0.3 is 4.74 Å². The van der Waals surface area contributed by atoms with Gasteiger partial charge in [-0.15, -0.1) is 0 Å². The normalized spacial score (nSPS) is 15.4. The summed E-state index contributed by atoms with van der Waals surface area (Å²) in [5.74, 6) is 0.368. The van der Waals surface area contributed by atoms with Crippen LogP contribution in [0.1, 0.15) is 31.2 Å². The van der Waals surface area contributed by atoms with E-state index in [0.717, 1.165) is 12.8 Å². The van der Waals surface area contributed by atoms with Crippen molar-refractivity contribution in [2.75, 3.05) is 6.54 Å². The van der Waals surface area contributed by atoms with E-state index in [2.05, 4.69) is 4.72 Å². The molecule has 2 aromatic rings. The zero-order valence-corrected chi connectivity index (χ0v) is 14.8. The molecule has 0 bridgehead atoms. The van der Waals surface area contributed by atoms with E-state index in [1.54, 1.807) is 30.3 Å². The highest BCUT2D eigenvalue weighted by atomic mass is 32.2. The van der Waals surface area contributed by atoms with E-state index in [1.807, 2.05) is 0 Å². The van der Waals surface area contributed by atoms with Crippen LogP contribution in [0.25, 0.3) is 0 Å². The lowest BCUT2D eigenvalue weighted by atomic mass is 10.1. The second-order valence-electron chi connectivity index (χ2n) is 6.23. The Morgan fingerprint density at radius 3 is 2.40 bits per heavy atom. The van der Waals surface area contributed by atoms with Crippen LogP contribution < -0.4 is 9.46 Å². The fourth-order valence-corrected chi connectivity index (χ4v) is 4.03. The summed E-state index contributed by atoms with van der Waals surface area (Å²) in [7, 11) is -3.62. The number of hydrogen-bond donors (Lipinski definition) is 1. The molecule has 0 heterocycles. The van der Waals surface area contributed by atoms with Crippen molar-refractivity contribution in [2.45, 2.75) is 43.1 Å². The summed E-state index contributed by atoms with van der Waals surface area (Å²) in [6.45, 7) is 0.142. The molecule has 25 heavy (non-hydrogen) atoms. The van der Waals surface area contributed by atoms with Gasteiger partial charge in [0.05, 0.1) is 11.0 Å². The highest BCUT2D eigenvalue weighted by molar-refractivity contribution is 7.89. The molecule has 6 heteroatoms. The third-order valence-electron chi connectivity index (χ3n) is 4.38. The van der Waals surface area contributed by atoms with Gasteiger partial charge in [0.1, 0.15) is 11.6 Å². The predicted molar refractivity (Wildman–Crippen MR) is 94.6 cm³/mol. The van der Waals surface area contributed by atoms with Crippen molar-refractivity contribution < 1.29 is 17.5 Å². The lowest BCUT2D eigenvalue weighted by Gasteiger charge is -2.13. The van der Waals surface area contributed by atoms with Crippen LogP contribution in [0.5, 0.6) is 5.75 Å². The van der Waals surface area contributed by atoms with E-state index in [1.165, 1.54) is 31.0 Å². The van der Waals surface area contributed by atoms with Gasteiger partial charge in [0, 0.05) is 6.54 Å². The van der Waals surface area contributed by atoms with Crippen LogP contribution in [-0.4, -0.2) is 21.1 Å². The first-order valence-electron chi connectivity index (χ1n) is 8.54. The van der Waals surface area contributed by atoms with Gasteiger partial charge in [-0.05, 0) is 68.0 Å². The molecule has 1 saturated carbocycles. The van der Waals surface area contributed by atoms with Crippen LogP contribution in [0.4, 0.5) is 4.39 Å². The van der Waals surface area contributed by atoms with E-state index >= 15 is 0 Å². The Morgan fingerprint density at radius 1 is 1.04 bits per heavy atom. The maximum absolute atomic E-state index is 13.6. The van der Waals surface area contributed by atoms with Crippen molar-refractivity contribution in [2.24, 2.45) is 0 Å². The minimum atomic E-state index is -3.62. The Hall–Kier alpha value is -1.92. The minimum absolute atomic E-state index is 0.142. The van der Waals surface area contributed by atoms with Crippen LogP contribution in [0.2, 0.25) is 0 Å². The molecule has 0 unspecified atom stereocenters. The van der Waals surface area contributed by atoms with Crippen molar-refractivity contribution in [3.8, 4) is 5.75 Å². The van der Waals surface area contributed by atoms with Gasteiger partial charge in [0.25, 0.3) is 0 Å². The SMILES string of the molecule is O=S(=O)(NCCc1ccccc1F)c1ccc(OC2CCCC2)cc1.